The molecule has 1 atom stereocenters. The summed E-state index contributed by atoms with van der Waals surface area (Å²) in [5.74, 6) is 0. The average molecular weight is 246 g/mol. The van der Waals surface area contributed by atoms with Gasteiger partial charge < -0.3 is 5.32 Å². The van der Waals surface area contributed by atoms with Crippen LogP contribution in [0.2, 0.25) is 0 Å². The number of rotatable bonds is 6. The number of benzene rings is 1. The molecule has 90 valence electrons. The lowest BCUT2D eigenvalue weighted by molar-refractivity contribution is 0.520. The van der Waals surface area contributed by atoms with Gasteiger partial charge in [-0.1, -0.05) is 37.3 Å². The van der Waals surface area contributed by atoms with Crippen molar-refractivity contribution in [3.05, 3.63) is 52.5 Å². The molecule has 1 unspecified atom stereocenters. The summed E-state index contributed by atoms with van der Waals surface area (Å²) in [5, 5.41) is 6.79. The van der Waals surface area contributed by atoms with Crippen LogP contribution in [-0.2, 0) is 12.8 Å². The molecule has 0 spiro atoms. The zero-order chi connectivity index (χ0) is 11.9. The molecule has 0 aliphatic carbocycles. The van der Waals surface area contributed by atoms with Crippen molar-refractivity contribution in [2.24, 2.45) is 0 Å². The van der Waals surface area contributed by atoms with Gasteiger partial charge in [0.1, 0.15) is 0 Å². The van der Waals surface area contributed by atoms with Crippen molar-refractivity contribution >= 4 is 11.3 Å². The number of thiazole rings is 1. The number of nitrogens with one attached hydrogen (secondary N) is 1. The summed E-state index contributed by atoms with van der Waals surface area (Å²) in [6.07, 6.45) is 3.96. The van der Waals surface area contributed by atoms with Gasteiger partial charge in [0.2, 0.25) is 0 Å². The third kappa shape index (κ3) is 3.95. The van der Waals surface area contributed by atoms with Crippen LogP contribution in [-0.4, -0.2) is 17.6 Å². The van der Waals surface area contributed by atoms with E-state index in [1.165, 1.54) is 10.6 Å². The van der Waals surface area contributed by atoms with Gasteiger partial charge in [0, 0.05) is 24.0 Å². The van der Waals surface area contributed by atoms with Gasteiger partial charge in [-0.3, -0.25) is 0 Å². The summed E-state index contributed by atoms with van der Waals surface area (Å²) >= 11 is 1.74. The first-order chi connectivity index (χ1) is 8.38. The van der Waals surface area contributed by atoms with Crippen LogP contribution in [0.1, 0.15) is 17.5 Å². The Bertz CT molecular complexity index is 411. The van der Waals surface area contributed by atoms with Crippen LogP contribution in [0, 0.1) is 0 Å². The summed E-state index contributed by atoms with van der Waals surface area (Å²) < 4.78 is 0. The standard InChI is InChI=1S/C14H18N2S/c1-2-15-13(11-14-16-8-9-17-14)10-12-6-4-3-5-7-12/h3-9,13,15H,2,10-11H2,1H3. The van der Waals surface area contributed by atoms with E-state index in [0.717, 1.165) is 19.4 Å². The van der Waals surface area contributed by atoms with Crippen LogP contribution in [0.5, 0.6) is 0 Å². The van der Waals surface area contributed by atoms with Crippen molar-refractivity contribution in [3.8, 4) is 0 Å². The van der Waals surface area contributed by atoms with Crippen molar-refractivity contribution in [3.63, 3.8) is 0 Å². The van der Waals surface area contributed by atoms with Crippen LogP contribution < -0.4 is 5.32 Å². The first-order valence-electron chi connectivity index (χ1n) is 6.04. The van der Waals surface area contributed by atoms with E-state index < -0.39 is 0 Å². The van der Waals surface area contributed by atoms with Gasteiger partial charge in [0.15, 0.2) is 0 Å². The second-order valence-electron chi connectivity index (χ2n) is 4.07. The van der Waals surface area contributed by atoms with E-state index in [1.807, 2.05) is 11.6 Å². The van der Waals surface area contributed by atoms with E-state index in [-0.39, 0.29) is 0 Å². The maximum atomic E-state index is 4.36. The molecule has 2 rings (SSSR count). The summed E-state index contributed by atoms with van der Waals surface area (Å²) in [7, 11) is 0. The van der Waals surface area contributed by atoms with Crippen LogP contribution in [0.4, 0.5) is 0 Å². The summed E-state index contributed by atoms with van der Waals surface area (Å²) in [5.41, 5.74) is 1.38. The fourth-order valence-electron chi connectivity index (χ4n) is 1.97. The van der Waals surface area contributed by atoms with Crippen molar-refractivity contribution in [2.45, 2.75) is 25.8 Å². The second kappa shape index (κ2) is 6.52. The molecule has 2 aromatic rings. The molecule has 0 aliphatic rings. The molecule has 0 radical (unpaired) electrons. The highest BCUT2D eigenvalue weighted by atomic mass is 32.1. The molecule has 2 nitrogen and oxygen atoms in total. The molecule has 0 saturated carbocycles. The molecule has 1 N–H and O–H groups in total. The first kappa shape index (κ1) is 12.3. The molecule has 1 heterocycles. The Labute approximate surface area is 107 Å². The third-order valence-corrected chi connectivity index (χ3v) is 3.52. The molecule has 3 heteroatoms. The van der Waals surface area contributed by atoms with Gasteiger partial charge in [0.05, 0.1) is 5.01 Å². The predicted octanol–water partition coefficient (Wildman–Crippen LogP) is 2.91. The quantitative estimate of drug-likeness (QED) is 0.847. The Morgan fingerprint density at radius 3 is 2.71 bits per heavy atom. The molecule has 0 amide bonds. The molecule has 0 saturated heterocycles. The van der Waals surface area contributed by atoms with Gasteiger partial charge >= 0.3 is 0 Å². The lowest BCUT2D eigenvalue weighted by Gasteiger charge is -2.16. The molecule has 0 bridgehead atoms. The van der Waals surface area contributed by atoms with Crippen molar-refractivity contribution in [1.82, 2.24) is 10.3 Å². The number of hydrogen-bond acceptors (Lipinski definition) is 3. The Balaban J connectivity index is 1.97. The number of hydrogen-bond donors (Lipinski definition) is 1. The lowest BCUT2D eigenvalue weighted by atomic mass is 10.0. The fourth-order valence-corrected chi connectivity index (χ4v) is 2.67. The smallest absolute Gasteiger partial charge is 0.0940 e. The number of nitrogens with zero attached hydrogens (tertiary/aromatic N) is 1. The van der Waals surface area contributed by atoms with E-state index in [9.17, 15) is 0 Å². The molecule has 0 fully saturated rings. The third-order valence-electron chi connectivity index (χ3n) is 2.72. The average Bonchev–Trinajstić information content (AvgIpc) is 2.83. The largest absolute Gasteiger partial charge is 0.314 e. The Morgan fingerprint density at radius 1 is 1.24 bits per heavy atom. The Morgan fingerprint density at radius 2 is 2.06 bits per heavy atom. The van der Waals surface area contributed by atoms with E-state index in [4.69, 9.17) is 0 Å². The zero-order valence-electron chi connectivity index (χ0n) is 10.1. The van der Waals surface area contributed by atoms with Gasteiger partial charge in [-0.05, 0) is 18.5 Å². The lowest BCUT2D eigenvalue weighted by Crippen LogP contribution is -2.33. The highest BCUT2D eigenvalue weighted by Gasteiger charge is 2.10. The predicted molar refractivity (Wildman–Crippen MR) is 73.4 cm³/mol. The maximum absolute atomic E-state index is 4.36. The number of likely N-dealkylation sites (N-methyl/N-ethyl adjacent to an activating group) is 1. The highest BCUT2D eigenvalue weighted by Crippen LogP contribution is 2.11. The van der Waals surface area contributed by atoms with Gasteiger partial charge in [-0.2, -0.15) is 0 Å². The number of aromatic nitrogens is 1. The Kier molecular flexibility index (Phi) is 4.71. The minimum absolute atomic E-state index is 0.480. The Hall–Kier alpha value is -1.19. The first-order valence-corrected chi connectivity index (χ1v) is 6.92. The van der Waals surface area contributed by atoms with Gasteiger partial charge in [0.25, 0.3) is 0 Å². The molecular formula is C14H18N2S. The summed E-state index contributed by atoms with van der Waals surface area (Å²) in [6.45, 7) is 3.16. The van der Waals surface area contributed by atoms with Crippen LogP contribution in [0.25, 0.3) is 0 Å². The summed E-state index contributed by atoms with van der Waals surface area (Å²) in [4.78, 5) is 4.36. The second-order valence-corrected chi connectivity index (χ2v) is 5.05. The van der Waals surface area contributed by atoms with E-state index >= 15 is 0 Å². The maximum Gasteiger partial charge on any atom is 0.0940 e. The van der Waals surface area contributed by atoms with Crippen LogP contribution in [0.3, 0.4) is 0 Å². The van der Waals surface area contributed by atoms with E-state index in [0.29, 0.717) is 6.04 Å². The minimum atomic E-state index is 0.480. The summed E-state index contributed by atoms with van der Waals surface area (Å²) in [6, 6.07) is 11.1. The molecule has 17 heavy (non-hydrogen) atoms. The van der Waals surface area contributed by atoms with Crippen molar-refractivity contribution in [2.75, 3.05) is 6.54 Å². The SMILES string of the molecule is CCNC(Cc1ccccc1)Cc1nccs1. The van der Waals surface area contributed by atoms with Gasteiger partial charge in [-0.15, -0.1) is 11.3 Å². The normalized spacial score (nSPS) is 12.5. The zero-order valence-corrected chi connectivity index (χ0v) is 10.9. The van der Waals surface area contributed by atoms with Crippen LogP contribution >= 0.6 is 11.3 Å². The van der Waals surface area contributed by atoms with Gasteiger partial charge in [-0.25, -0.2) is 4.98 Å². The molecule has 1 aromatic carbocycles. The highest BCUT2D eigenvalue weighted by molar-refractivity contribution is 7.09. The molecule has 0 aliphatic heterocycles. The molecule has 1 aromatic heterocycles. The van der Waals surface area contributed by atoms with Crippen molar-refractivity contribution in [1.29, 1.82) is 0 Å². The van der Waals surface area contributed by atoms with E-state index in [1.54, 1.807) is 11.3 Å². The molecular weight excluding hydrogens is 228 g/mol. The van der Waals surface area contributed by atoms with E-state index in [2.05, 4.69) is 47.6 Å². The topological polar surface area (TPSA) is 24.9 Å². The monoisotopic (exact) mass is 246 g/mol. The van der Waals surface area contributed by atoms with Crippen molar-refractivity contribution < 1.29 is 0 Å². The minimum Gasteiger partial charge on any atom is -0.314 e. The fraction of sp³-hybridized carbons (Fsp3) is 0.357. The van der Waals surface area contributed by atoms with Crippen LogP contribution in [0.15, 0.2) is 41.9 Å².